The summed E-state index contributed by atoms with van der Waals surface area (Å²) in [6.07, 6.45) is 8.76. The minimum atomic E-state index is 0.112. The van der Waals surface area contributed by atoms with Gasteiger partial charge in [0.25, 0.3) is 0 Å². The first kappa shape index (κ1) is 17.2. The largest absolute Gasteiger partial charge is 0.0683 e. The standard InChI is InChI=1S/C18H36P2/c1-15(2)11-9-12-16(3,4)19(15)20-17(5,6)13-10-14-18(20,7)8/h9-14H2,1-8H3. The predicted molar refractivity (Wildman–Crippen MR) is 97.9 cm³/mol. The summed E-state index contributed by atoms with van der Waals surface area (Å²) in [5, 5.41) is 2.37. The lowest BCUT2D eigenvalue weighted by molar-refractivity contribution is 0.456. The van der Waals surface area contributed by atoms with Gasteiger partial charge < -0.3 is 0 Å². The van der Waals surface area contributed by atoms with Crippen LogP contribution in [0.2, 0.25) is 0 Å². The molecule has 0 bridgehead atoms. The van der Waals surface area contributed by atoms with E-state index in [0.717, 1.165) is 0 Å². The van der Waals surface area contributed by atoms with E-state index in [-0.39, 0.29) is 15.2 Å². The van der Waals surface area contributed by atoms with Crippen LogP contribution in [0.4, 0.5) is 0 Å². The van der Waals surface area contributed by atoms with Gasteiger partial charge in [0.2, 0.25) is 0 Å². The molecule has 20 heavy (non-hydrogen) atoms. The van der Waals surface area contributed by atoms with Gasteiger partial charge in [0, 0.05) is 0 Å². The van der Waals surface area contributed by atoms with Crippen LogP contribution in [0.15, 0.2) is 0 Å². The fraction of sp³-hybridized carbons (Fsp3) is 1.00. The Balaban J connectivity index is 2.48. The summed E-state index contributed by atoms with van der Waals surface area (Å²) < 4.78 is 0. The molecule has 0 aromatic carbocycles. The molecule has 0 radical (unpaired) electrons. The van der Waals surface area contributed by atoms with E-state index < -0.39 is 0 Å². The Labute approximate surface area is 130 Å². The van der Waals surface area contributed by atoms with Gasteiger partial charge in [-0.25, -0.2) is 0 Å². The topological polar surface area (TPSA) is 0 Å². The highest BCUT2D eigenvalue weighted by Gasteiger charge is 2.56. The highest BCUT2D eigenvalue weighted by molar-refractivity contribution is 8.32. The van der Waals surface area contributed by atoms with Gasteiger partial charge >= 0.3 is 0 Å². The Kier molecular flexibility index (Phi) is 4.48. The van der Waals surface area contributed by atoms with Crippen molar-refractivity contribution >= 4 is 15.2 Å². The zero-order chi connectivity index (χ0) is 15.4. The zero-order valence-corrected chi connectivity index (χ0v) is 16.9. The summed E-state index contributed by atoms with van der Waals surface area (Å²) in [6.45, 7) is 20.8. The van der Waals surface area contributed by atoms with E-state index in [0.29, 0.717) is 20.6 Å². The molecule has 0 saturated carbocycles. The number of hydrogen-bond donors (Lipinski definition) is 0. The van der Waals surface area contributed by atoms with Gasteiger partial charge in [-0.1, -0.05) is 83.5 Å². The van der Waals surface area contributed by atoms with Crippen LogP contribution in [0, 0.1) is 0 Å². The average molecular weight is 314 g/mol. The van der Waals surface area contributed by atoms with Crippen LogP contribution in [0.25, 0.3) is 0 Å². The summed E-state index contributed by atoms with van der Waals surface area (Å²) in [6, 6.07) is 0. The third kappa shape index (κ3) is 2.99. The van der Waals surface area contributed by atoms with Crippen molar-refractivity contribution in [1.82, 2.24) is 0 Å². The van der Waals surface area contributed by atoms with Gasteiger partial charge in [-0.05, 0) is 46.3 Å². The summed E-state index contributed by atoms with van der Waals surface area (Å²) in [4.78, 5) is 0. The minimum absolute atomic E-state index is 0.112. The highest BCUT2D eigenvalue weighted by Crippen LogP contribution is 2.92. The van der Waals surface area contributed by atoms with Gasteiger partial charge in [0.1, 0.15) is 0 Å². The van der Waals surface area contributed by atoms with Crippen LogP contribution in [0.5, 0.6) is 0 Å². The van der Waals surface area contributed by atoms with E-state index in [1.165, 1.54) is 38.5 Å². The quantitative estimate of drug-likeness (QED) is 0.444. The molecule has 2 heteroatoms. The molecule has 0 spiro atoms. The smallest absolute Gasteiger partial charge is 0.0107 e. The maximum absolute atomic E-state index is 2.60. The first-order valence-electron chi connectivity index (χ1n) is 8.51. The third-order valence-electron chi connectivity index (χ3n) is 5.65. The minimum Gasteiger partial charge on any atom is -0.0683 e. The third-order valence-corrected chi connectivity index (χ3v) is 19.2. The van der Waals surface area contributed by atoms with Crippen molar-refractivity contribution in [2.45, 2.75) is 115 Å². The molecule has 0 nitrogen and oxygen atoms in total. The van der Waals surface area contributed by atoms with E-state index in [1.54, 1.807) is 0 Å². The molecule has 0 N–H and O–H groups in total. The lowest BCUT2D eigenvalue weighted by Crippen LogP contribution is -2.42. The highest BCUT2D eigenvalue weighted by atomic mass is 32.1. The van der Waals surface area contributed by atoms with Gasteiger partial charge in [-0.2, -0.15) is 0 Å². The predicted octanol–water partition coefficient (Wildman–Crippen LogP) is 7.35. The van der Waals surface area contributed by atoms with Crippen molar-refractivity contribution in [2.75, 3.05) is 0 Å². The molecular formula is C18H36P2. The SMILES string of the molecule is CC1(C)CCCC(C)(C)P1P1C(C)(C)CCCC1(C)C. The van der Waals surface area contributed by atoms with Crippen LogP contribution >= 0.6 is 15.2 Å². The number of hydrogen-bond acceptors (Lipinski definition) is 0. The molecule has 0 unspecified atom stereocenters. The van der Waals surface area contributed by atoms with Gasteiger partial charge in [-0.15, -0.1) is 0 Å². The molecule has 2 rings (SSSR count). The molecule has 2 fully saturated rings. The maximum Gasteiger partial charge on any atom is -0.0107 e. The van der Waals surface area contributed by atoms with Gasteiger partial charge in [-0.3, -0.25) is 0 Å². The van der Waals surface area contributed by atoms with Crippen molar-refractivity contribution < 1.29 is 0 Å². The zero-order valence-electron chi connectivity index (χ0n) is 15.1. The fourth-order valence-corrected chi connectivity index (χ4v) is 19.7. The van der Waals surface area contributed by atoms with Crippen LogP contribution in [0.1, 0.15) is 93.9 Å². The molecular weight excluding hydrogens is 278 g/mol. The Hall–Kier alpha value is 0.860. The normalized spacial score (nSPS) is 33.0. The molecule has 2 aliphatic rings. The van der Waals surface area contributed by atoms with E-state index in [2.05, 4.69) is 55.4 Å². The molecule has 2 saturated heterocycles. The monoisotopic (exact) mass is 314 g/mol. The summed E-state index contributed by atoms with van der Waals surface area (Å²) in [5.41, 5.74) is 0. The van der Waals surface area contributed by atoms with E-state index in [1.807, 2.05) is 0 Å². The van der Waals surface area contributed by atoms with Crippen LogP contribution < -0.4 is 0 Å². The van der Waals surface area contributed by atoms with Crippen LogP contribution in [-0.2, 0) is 0 Å². The van der Waals surface area contributed by atoms with Crippen molar-refractivity contribution in [3.05, 3.63) is 0 Å². The Morgan fingerprint density at radius 3 is 0.850 bits per heavy atom. The van der Waals surface area contributed by atoms with Crippen molar-refractivity contribution in [2.24, 2.45) is 0 Å². The van der Waals surface area contributed by atoms with E-state index >= 15 is 0 Å². The lowest BCUT2D eigenvalue weighted by atomic mass is 9.98. The molecule has 2 heterocycles. The van der Waals surface area contributed by atoms with E-state index in [4.69, 9.17) is 0 Å². The lowest BCUT2D eigenvalue weighted by Gasteiger charge is -2.62. The van der Waals surface area contributed by atoms with E-state index in [9.17, 15) is 0 Å². The second kappa shape index (κ2) is 5.20. The molecule has 0 atom stereocenters. The van der Waals surface area contributed by atoms with Crippen molar-refractivity contribution in [1.29, 1.82) is 0 Å². The maximum atomic E-state index is 2.60. The van der Waals surface area contributed by atoms with Crippen molar-refractivity contribution in [3.63, 3.8) is 0 Å². The van der Waals surface area contributed by atoms with Gasteiger partial charge in [0.05, 0.1) is 0 Å². The first-order chi connectivity index (χ1) is 8.90. The molecule has 0 aromatic heterocycles. The van der Waals surface area contributed by atoms with Crippen LogP contribution in [0.3, 0.4) is 0 Å². The van der Waals surface area contributed by atoms with Crippen LogP contribution in [-0.4, -0.2) is 20.6 Å². The second-order valence-electron chi connectivity index (χ2n) is 9.58. The summed E-state index contributed by atoms with van der Waals surface area (Å²) in [7, 11) is 0.225. The summed E-state index contributed by atoms with van der Waals surface area (Å²) in [5.74, 6) is 0. The molecule has 0 aromatic rings. The Bertz CT molecular complexity index is 298. The Morgan fingerprint density at radius 2 is 0.650 bits per heavy atom. The molecule has 118 valence electrons. The fourth-order valence-electron chi connectivity index (χ4n) is 5.05. The summed E-state index contributed by atoms with van der Waals surface area (Å²) >= 11 is 0. The second-order valence-corrected chi connectivity index (χ2v) is 18.1. The molecule has 0 aliphatic carbocycles. The van der Waals surface area contributed by atoms with Gasteiger partial charge in [0.15, 0.2) is 0 Å². The first-order valence-corrected chi connectivity index (χ1v) is 11.9. The van der Waals surface area contributed by atoms with Crippen molar-refractivity contribution in [3.8, 4) is 0 Å². The number of rotatable bonds is 1. The molecule has 0 amide bonds. The Morgan fingerprint density at radius 1 is 0.450 bits per heavy atom. The molecule has 2 aliphatic heterocycles. The average Bonchev–Trinajstić information content (AvgIpc) is 2.19.